The van der Waals surface area contributed by atoms with Crippen molar-refractivity contribution < 1.29 is 4.79 Å². The number of piperazine rings is 1. The Morgan fingerprint density at radius 1 is 1.53 bits per heavy atom. The fourth-order valence-electron chi connectivity index (χ4n) is 2.28. The summed E-state index contributed by atoms with van der Waals surface area (Å²) in [5.74, 6) is 0.166. The third-order valence-corrected chi connectivity index (χ3v) is 3.52. The Labute approximate surface area is 105 Å². The summed E-state index contributed by atoms with van der Waals surface area (Å²) in [5.41, 5.74) is 0. The molecule has 1 aliphatic rings. The highest BCUT2D eigenvalue weighted by Crippen LogP contribution is 2.11. The van der Waals surface area contributed by atoms with Crippen molar-refractivity contribution in [2.45, 2.75) is 58.7 Å². The molecule has 0 aromatic heterocycles. The number of hydrogen-bond donors (Lipinski definition) is 2. The van der Waals surface area contributed by atoms with Gasteiger partial charge in [-0.2, -0.15) is 0 Å². The fourth-order valence-corrected chi connectivity index (χ4v) is 2.28. The van der Waals surface area contributed by atoms with E-state index in [4.69, 9.17) is 0 Å². The lowest BCUT2D eigenvalue weighted by Gasteiger charge is -2.40. The molecular weight excluding hydrogens is 214 g/mol. The van der Waals surface area contributed by atoms with Gasteiger partial charge < -0.3 is 10.6 Å². The largest absolute Gasteiger partial charge is 0.355 e. The van der Waals surface area contributed by atoms with Crippen molar-refractivity contribution in [3.63, 3.8) is 0 Å². The molecule has 2 N–H and O–H groups in total. The third kappa shape index (κ3) is 4.28. The zero-order valence-corrected chi connectivity index (χ0v) is 11.6. The maximum absolute atomic E-state index is 12.0. The van der Waals surface area contributed by atoms with E-state index in [1.54, 1.807) is 0 Å². The SMILES string of the molecule is CCCCNC(=O)C(C)N1CC(C)NCC1C. The van der Waals surface area contributed by atoms with Crippen LogP contribution in [-0.4, -0.2) is 48.6 Å². The molecule has 1 saturated heterocycles. The zero-order chi connectivity index (χ0) is 12.8. The molecule has 4 heteroatoms. The van der Waals surface area contributed by atoms with E-state index in [1.807, 2.05) is 6.92 Å². The first kappa shape index (κ1) is 14.5. The van der Waals surface area contributed by atoms with Crippen LogP contribution in [0.1, 0.15) is 40.5 Å². The van der Waals surface area contributed by atoms with Crippen molar-refractivity contribution in [3.8, 4) is 0 Å². The van der Waals surface area contributed by atoms with Crippen molar-refractivity contribution in [2.75, 3.05) is 19.6 Å². The van der Waals surface area contributed by atoms with Gasteiger partial charge in [-0.15, -0.1) is 0 Å². The predicted octanol–water partition coefficient (Wildman–Crippen LogP) is 0.973. The number of carbonyl (C=O) groups excluding carboxylic acids is 1. The molecule has 1 amide bonds. The first-order chi connectivity index (χ1) is 8.06. The number of nitrogens with zero attached hydrogens (tertiary/aromatic N) is 1. The Morgan fingerprint density at radius 3 is 2.88 bits per heavy atom. The topological polar surface area (TPSA) is 44.4 Å². The highest BCUT2D eigenvalue weighted by atomic mass is 16.2. The fraction of sp³-hybridized carbons (Fsp3) is 0.923. The molecule has 1 heterocycles. The average Bonchev–Trinajstić information content (AvgIpc) is 2.31. The summed E-state index contributed by atoms with van der Waals surface area (Å²) in [4.78, 5) is 14.3. The Hall–Kier alpha value is -0.610. The normalized spacial score (nSPS) is 27.8. The van der Waals surface area contributed by atoms with Crippen molar-refractivity contribution in [1.82, 2.24) is 15.5 Å². The average molecular weight is 241 g/mol. The second kappa shape index (κ2) is 6.97. The lowest BCUT2D eigenvalue weighted by Crippen LogP contribution is -2.60. The van der Waals surface area contributed by atoms with Crippen LogP contribution in [0.25, 0.3) is 0 Å². The van der Waals surface area contributed by atoms with Crippen LogP contribution in [0.3, 0.4) is 0 Å². The summed E-state index contributed by atoms with van der Waals surface area (Å²) < 4.78 is 0. The van der Waals surface area contributed by atoms with E-state index in [0.717, 1.165) is 32.5 Å². The van der Waals surface area contributed by atoms with E-state index in [2.05, 4.69) is 36.3 Å². The van der Waals surface area contributed by atoms with Gasteiger partial charge in [0.1, 0.15) is 0 Å². The van der Waals surface area contributed by atoms with E-state index in [-0.39, 0.29) is 11.9 Å². The minimum absolute atomic E-state index is 0.0218. The van der Waals surface area contributed by atoms with Gasteiger partial charge in [-0.3, -0.25) is 9.69 Å². The summed E-state index contributed by atoms with van der Waals surface area (Å²) >= 11 is 0. The van der Waals surface area contributed by atoms with Gasteiger partial charge >= 0.3 is 0 Å². The van der Waals surface area contributed by atoms with Crippen molar-refractivity contribution in [2.24, 2.45) is 0 Å². The number of unbranched alkanes of at least 4 members (excludes halogenated alkanes) is 1. The Morgan fingerprint density at radius 2 is 2.24 bits per heavy atom. The van der Waals surface area contributed by atoms with Crippen LogP contribution >= 0.6 is 0 Å². The van der Waals surface area contributed by atoms with Gasteiger partial charge in [-0.05, 0) is 27.2 Å². The smallest absolute Gasteiger partial charge is 0.237 e. The maximum Gasteiger partial charge on any atom is 0.237 e. The quantitative estimate of drug-likeness (QED) is 0.705. The maximum atomic E-state index is 12.0. The first-order valence-corrected chi connectivity index (χ1v) is 6.83. The van der Waals surface area contributed by atoms with Gasteiger partial charge in [0.2, 0.25) is 5.91 Å². The van der Waals surface area contributed by atoms with Crippen molar-refractivity contribution in [1.29, 1.82) is 0 Å². The minimum atomic E-state index is -0.0218. The van der Waals surface area contributed by atoms with Gasteiger partial charge in [0.15, 0.2) is 0 Å². The second-order valence-corrected chi connectivity index (χ2v) is 5.18. The molecule has 0 aromatic carbocycles. The van der Waals surface area contributed by atoms with Crippen LogP contribution in [0.2, 0.25) is 0 Å². The summed E-state index contributed by atoms with van der Waals surface area (Å²) in [6.45, 7) is 11.2. The molecule has 0 saturated carbocycles. The molecule has 0 bridgehead atoms. The molecule has 0 aliphatic carbocycles. The van der Waals surface area contributed by atoms with Crippen LogP contribution < -0.4 is 10.6 Å². The van der Waals surface area contributed by atoms with Gasteiger partial charge in [-0.1, -0.05) is 13.3 Å². The van der Waals surface area contributed by atoms with Crippen molar-refractivity contribution >= 4 is 5.91 Å². The van der Waals surface area contributed by atoms with E-state index in [9.17, 15) is 4.79 Å². The molecule has 17 heavy (non-hydrogen) atoms. The number of rotatable bonds is 5. The van der Waals surface area contributed by atoms with E-state index >= 15 is 0 Å². The molecule has 1 aliphatic heterocycles. The summed E-state index contributed by atoms with van der Waals surface area (Å²) in [6, 6.07) is 0.877. The standard InChI is InChI=1S/C13H27N3O/c1-5-6-7-14-13(17)12(4)16-9-10(2)15-8-11(16)3/h10-12,15H,5-9H2,1-4H3,(H,14,17). The van der Waals surface area contributed by atoms with Crippen LogP contribution in [0.4, 0.5) is 0 Å². The first-order valence-electron chi connectivity index (χ1n) is 6.83. The second-order valence-electron chi connectivity index (χ2n) is 5.18. The predicted molar refractivity (Wildman–Crippen MR) is 71.0 cm³/mol. The van der Waals surface area contributed by atoms with Crippen molar-refractivity contribution in [3.05, 3.63) is 0 Å². The zero-order valence-electron chi connectivity index (χ0n) is 11.6. The molecular formula is C13H27N3O. The van der Waals surface area contributed by atoms with E-state index in [0.29, 0.717) is 12.1 Å². The molecule has 100 valence electrons. The van der Waals surface area contributed by atoms with Gasteiger partial charge in [-0.25, -0.2) is 0 Å². The van der Waals surface area contributed by atoms with Gasteiger partial charge in [0.05, 0.1) is 6.04 Å². The highest BCUT2D eigenvalue weighted by molar-refractivity contribution is 5.81. The van der Waals surface area contributed by atoms with E-state index < -0.39 is 0 Å². The monoisotopic (exact) mass is 241 g/mol. The molecule has 0 aromatic rings. The summed E-state index contributed by atoms with van der Waals surface area (Å²) in [7, 11) is 0. The molecule has 0 radical (unpaired) electrons. The van der Waals surface area contributed by atoms with E-state index in [1.165, 1.54) is 0 Å². The summed E-state index contributed by atoms with van der Waals surface area (Å²) in [6.07, 6.45) is 2.18. The number of hydrogen-bond acceptors (Lipinski definition) is 3. The Kier molecular flexibility index (Phi) is 5.92. The summed E-state index contributed by atoms with van der Waals surface area (Å²) in [5, 5.41) is 6.45. The molecule has 4 nitrogen and oxygen atoms in total. The molecule has 1 fully saturated rings. The number of nitrogens with one attached hydrogen (secondary N) is 2. The molecule has 0 spiro atoms. The van der Waals surface area contributed by atoms with Gasteiger partial charge in [0.25, 0.3) is 0 Å². The minimum Gasteiger partial charge on any atom is -0.355 e. The van der Waals surface area contributed by atoms with Crippen LogP contribution in [-0.2, 0) is 4.79 Å². The lowest BCUT2D eigenvalue weighted by molar-refractivity contribution is -0.127. The van der Waals surface area contributed by atoms with Crippen LogP contribution in [0.15, 0.2) is 0 Å². The van der Waals surface area contributed by atoms with Crippen LogP contribution in [0, 0.1) is 0 Å². The molecule has 3 atom stereocenters. The molecule has 3 unspecified atom stereocenters. The number of amides is 1. The Bertz CT molecular complexity index is 245. The Balaban J connectivity index is 2.43. The highest BCUT2D eigenvalue weighted by Gasteiger charge is 2.29. The number of carbonyl (C=O) groups is 1. The lowest BCUT2D eigenvalue weighted by atomic mass is 10.1. The third-order valence-electron chi connectivity index (χ3n) is 3.52. The van der Waals surface area contributed by atoms with Crippen LogP contribution in [0.5, 0.6) is 0 Å². The molecule has 1 rings (SSSR count). The van der Waals surface area contributed by atoms with Gasteiger partial charge in [0, 0.05) is 31.7 Å².